The van der Waals surface area contributed by atoms with E-state index in [1.165, 1.54) is 74.4 Å². The molecule has 0 amide bonds. The van der Waals surface area contributed by atoms with E-state index in [4.69, 9.17) is 60.0 Å². The number of halogens is 16. The van der Waals surface area contributed by atoms with Crippen LogP contribution in [0.5, 0.6) is 0 Å². The molecule has 0 bridgehead atoms. The Labute approximate surface area is 798 Å². The van der Waals surface area contributed by atoms with Crippen molar-refractivity contribution < 1.29 is 180 Å². The van der Waals surface area contributed by atoms with Crippen molar-refractivity contribution in [2.24, 2.45) is 11.8 Å². The molecule has 2 aliphatic heterocycles. The summed E-state index contributed by atoms with van der Waals surface area (Å²) in [5, 5.41) is -3.97. The molecule has 3 fully saturated rings. The number of ether oxygens (including phenoxy) is 2. The summed E-state index contributed by atoms with van der Waals surface area (Å²) in [4.78, 5) is 37.4. The van der Waals surface area contributed by atoms with Crippen molar-refractivity contribution in [2.75, 3.05) is 58.4 Å². The molecule has 0 aromatic heterocycles. The van der Waals surface area contributed by atoms with Crippen molar-refractivity contribution in [1.82, 2.24) is 9.21 Å². The number of likely N-dealkylation sites (tertiary alicyclic amines) is 1. The number of rotatable bonds is 25. The number of esters is 2. The zero-order valence-electron chi connectivity index (χ0n) is 71.2. The van der Waals surface area contributed by atoms with Crippen LogP contribution in [0.3, 0.4) is 0 Å². The molecule has 9 aromatic rings. The first kappa shape index (κ1) is 116. The van der Waals surface area contributed by atoms with E-state index in [2.05, 4.69) is 254 Å². The third kappa shape index (κ3) is 34.4. The summed E-state index contributed by atoms with van der Waals surface area (Å²) in [6, 6.07) is 89.9. The first-order valence-corrected chi connectivity index (χ1v) is 51.0. The quantitative estimate of drug-likeness (QED) is 0.0106. The first-order valence-electron chi connectivity index (χ1n) is 39.7. The van der Waals surface area contributed by atoms with Gasteiger partial charge in [0.05, 0.1) is 52.4 Å². The first-order chi connectivity index (χ1) is 61.5. The molecule has 12 rings (SSSR count). The molecule has 46 heteroatoms. The Morgan fingerprint density at radius 3 is 0.902 bits per heavy atom. The number of benzene rings is 9. The number of nitrogens with zero attached hydrogens (tertiary/aromatic N) is 2. The standard InChI is InChI=1S/C28H32NO2S.C23H22ClO2S.C21H21OS.C12H17F6NO5S2.3CHF3O3S.Na/c1-23(22-31-28(30)21-29-19-9-4-10-20-29)24-15-17-27(18-16-24)32(25-11-5-2-6-12-25)26-13-7-3-8-14-26;1-18(17-26-23(25)16-24)19-12-14-22(15-13-19)27(20-8-4-2-5-9-20)21-10-6-3-7-11-21;1-17(16-22)18-12-14-21(15-13-18)23(19-8-4-2-5-9-19)20-10-6-3-7-11-20;13-10(14,12(17,18)26(22,23)24)11(15,16)25(20,21)19-6-5-8-3-1-2-4-9(8)7-19;3*2-1(3,4)8(5,6)7;/h2-3,5-8,11-18,23H,4,9-10,19-22H2,1H3;2-15,18H,16-17H2,1H3;2-15,17,22H,16H2,1H3;8-9H,1-7H2,(H,22,23,24);3*(H,5,6,7);/q3*+1;;;;;+1/p-4. The number of hydrogen-bond acceptors (Lipinski definition) is 20. The predicted octanol–water partition coefficient (Wildman–Crippen LogP) is 15.8. The van der Waals surface area contributed by atoms with Crippen LogP contribution in [0, 0.1) is 11.8 Å². The number of fused-ring (bicyclic) bond motifs is 1. The zero-order chi connectivity index (χ0) is 98.5. The van der Waals surface area contributed by atoms with Gasteiger partial charge < -0.3 is 32.8 Å². The van der Waals surface area contributed by atoms with Gasteiger partial charge in [0.1, 0.15) is 5.88 Å². The third-order valence-corrected chi connectivity index (χ3v) is 31.3. The second-order valence-electron chi connectivity index (χ2n) is 29.4. The molecular formula is C87H91ClF15N2NaO19S8. The average molecular weight is 2070 g/mol. The summed E-state index contributed by atoms with van der Waals surface area (Å²) in [6.45, 7) is 8.48. The fourth-order valence-corrected chi connectivity index (χ4v) is 21.3. The van der Waals surface area contributed by atoms with E-state index < -0.39 is 96.5 Å². The van der Waals surface area contributed by atoms with Gasteiger partial charge in [0, 0.05) is 37.5 Å². The summed E-state index contributed by atoms with van der Waals surface area (Å²) in [5.41, 5.74) is -13.4. The van der Waals surface area contributed by atoms with Crippen LogP contribution in [0.25, 0.3) is 0 Å². The van der Waals surface area contributed by atoms with Gasteiger partial charge in [-0.05, 0) is 176 Å². The van der Waals surface area contributed by atoms with Gasteiger partial charge >= 0.3 is 74.5 Å². The minimum absolute atomic E-state index is 0. The van der Waals surface area contributed by atoms with Gasteiger partial charge in [0.2, 0.25) is 0 Å². The van der Waals surface area contributed by atoms with Crippen LogP contribution in [0.2, 0.25) is 0 Å². The minimum Gasteiger partial charge on any atom is -0.743 e. The van der Waals surface area contributed by atoms with Crippen molar-refractivity contribution >= 4 is 107 Å². The Bertz CT molecular complexity index is 5450. The Kier molecular flexibility index (Phi) is 45.3. The minimum atomic E-state index is -7.25. The maximum atomic E-state index is 14.0. The SMILES string of the molecule is CC(CO)c1ccc([S+](c2ccccc2)c2ccccc2)cc1.CC(COC(=O)CCl)c1ccc([S+](c2ccccc2)c2ccccc2)cc1.CC(COC(=O)CN1CCCCC1)c1ccc([S+](c2ccccc2)c2ccccc2)cc1.O=S(=O)([O-])C(F)(F)C(F)(F)C(F)(F)S(=O)(=O)N1CCC2CCCCC2C1.O=S(=O)([O-])C(F)(F)F.O=S(=O)([O-])C(F)(F)F.O=S(=O)([O-])C(F)(F)F.[Na+]. The largest absolute Gasteiger partial charge is 1.00 e. The van der Waals surface area contributed by atoms with Crippen molar-refractivity contribution in [3.63, 3.8) is 0 Å². The van der Waals surface area contributed by atoms with Gasteiger partial charge in [-0.1, -0.05) is 192 Å². The number of hydrogen-bond donors (Lipinski definition) is 1. The molecule has 724 valence electrons. The van der Waals surface area contributed by atoms with Gasteiger partial charge in [-0.3, -0.25) is 14.5 Å². The third-order valence-electron chi connectivity index (χ3n) is 19.9. The summed E-state index contributed by atoms with van der Waals surface area (Å²) in [5.74, 6) is -7.41. The molecule has 133 heavy (non-hydrogen) atoms. The van der Waals surface area contributed by atoms with Crippen LogP contribution in [-0.2, 0) is 102 Å². The molecule has 0 spiro atoms. The maximum absolute atomic E-state index is 14.0. The van der Waals surface area contributed by atoms with E-state index in [0.29, 0.717) is 32.6 Å². The van der Waals surface area contributed by atoms with E-state index in [9.17, 15) is 102 Å². The number of alkyl halides is 16. The van der Waals surface area contributed by atoms with Gasteiger partial charge in [0.15, 0.2) is 84.5 Å². The topological polar surface area (TPSA) is 342 Å². The molecule has 5 atom stereocenters. The molecule has 9 aromatic carbocycles. The molecule has 1 saturated carbocycles. The number of carbonyl (C=O) groups excluding carboxylic acids is 2. The number of aliphatic hydroxyl groups is 1. The van der Waals surface area contributed by atoms with E-state index >= 15 is 0 Å². The van der Waals surface area contributed by atoms with Crippen LogP contribution < -0.4 is 29.6 Å². The molecule has 2 heterocycles. The predicted molar refractivity (Wildman–Crippen MR) is 462 cm³/mol. The Hall–Kier alpha value is -7.32. The van der Waals surface area contributed by atoms with Gasteiger partial charge in [-0.25, -0.2) is 42.1 Å². The average Bonchev–Trinajstić information content (AvgIpc) is 0.713. The summed E-state index contributed by atoms with van der Waals surface area (Å²) in [7, 11) is -32.3. The van der Waals surface area contributed by atoms with Crippen molar-refractivity contribution in [2.45, 2.75) is 167 Å². The second kappa shape index (κ2) is 51.9. The number of sulfonamides is 1. The van der Waals surface area contributed by atoms with Gasteiger partial charge in [-0.2, -0.15) is 70.2 Å². The van der Waals surface area contributed by atoms with Crippen LogP contribution >= 0.6 is 11.6 Å². The molecule has 2 saturated heterocycles. The monoisotopic (exact) mass is 2070 g/mol. The van der Waals surface area contributed by atoms with Crippen molar-refractivity contribution in [1.29, 1.82) is 0 Å². The molecule has 0 radical (unpaired) electrons. The van der Waals surface area contributed by atoms with E-state index in [1.54, 1.807) is 0 Å². The van der Waals surface area contributed by atoms with E-state index in [-0.39, 0.29) is 127 Å². The molecule has 1 aliphatic carbocycles. The van der Waals surface area contributed by atoms with Crippen molar-refractivity contribution in [3.05, 3.63) is 271 Å². The van der Waals surface area contributed by atoms with Crippen LogP contribution in [-0.4, -0.2) is 178 Å². The van der Waals surface area contributed by atoms with Crippen LogP contribution in [0.1, 0.15) is 107 Å². The molecule has 1 N–H and O–H groups in total. The summed E-state index contributed by atoms with van der Waals surface area (Å²) < 4.78 is 324. The Balaban J connectivity index is 0.000000289. The zero-order valence-corrected chi connectivity index (χ0v) is 80.4. The van der Waals surface area contributed by atoms with E-state index in [1.807, 2.05) is 26.0 Å². The maximum Gasteiger partial charge on any atom is 1.00 e. The van der Waals surface area contributed by atoms with Crippen LogP contribution in [0.15, 0.2) is 299 Å². The van der Waals surface area contributed by atoms with E-state index in [0.717, 1.165) is 31.5 Å². The second-order valence-corrected chi connectivity index (χ2v) is 43.3. The normalized spacial score (nSPS) is 16.1. The molecule has 21 nitrogen and oxygen atoms in total. The molecular weight excluding hydrogens is 1980 g/mol. The van der Waals surface area contributed by atoms with Gasteiger partial charge in [-0.15, -0.1) is 11.6 Å². The fourth-order valence-electron chi connectivity index (χ4n) is 12.9. The molecule has 5 unspecified atom stereocenters. The van der Waals surface area contributed by atoms with Crippen LogP contribution in [0.4, 0.5) is 65.9 Å². The Morgan fingerprint density at radius 2 is 0.639 bits per heavy atom. The summed E-state index contributed by atoms with van der Waals surface area (Å²) >= 11 is 5.48. The van der Waals surface area contributed by atoms with Crippen molar-refractivity contribution in [3.8, 4) is 0 Å². The number of aliphatic hydroxyl groups excluding tert-OH is 1. The van der Waals surface area contributed by atoms with Gasteiger partial charge in [0.25, 0.3) is 10.0 Å². The Morgan fingerprint density at radius 1 is 0.376 bits per heavy atom. The molecule has 3 aliphatic rings. The fraction of sp³-hybridized carbons (Fsp3) is 0.356. The smallest absolute Gasteiger partial charge is 0.743 e. The number of carbonyl (C=O) groups is 2. The number of piperidine rings is 2. The summed E-state index contributed by atoms with van der Waals surface area (Å²) in [6.07, 6.45) is 6.48.